The van der Waals surface area contributed by atoms with E-state index < -0.39 is 10.2 Å². The van der Waals surface area contributed by atoms with Crippen LogP contribution < -0.4 is 0 Å². The molecule has 0 radical (unpaired) electrons. The zero-order valence-corrected chi connectivity index (χ0v) is 11.6. The van der Waals surface area contributed by atoms with Gasteiger partial charge >= 0.3 is 0 Å². The van der Waals surface area contributed by atoms with Crippen molar-refractivity contribution in [1.82, 2.24) is 8.61 Å². The smallest absolute Gasteiger partial charge is 0.195 e. The van der Waals surface area contributed by atoms with Crippen LogP contribution in [0.4, 0.5) is 0 Å². The van der Waals surface area contributed by atoms with Crippen molar-refractivity contribution in [2.24, 2.45) is 5.92 Å². The highest BCUT2D eigenvalue weighted by molar-refractivity contribution is 7.86. The lowest BCUT2D eigenvalue weighted by Crippen LogP contribution is -2.46. The summed E-state index contributed by atoms with van der Waals surface area (Å²) in [5, 5.41) is 0. The lowest BCUT2D eigenvalue weighted by atomic mass is 10.2. The number of hydrogen-bond donors (Lipinski definition) is 0. The molecule has 0 spiro atoms. The minimum atomic E-state index is -3.25. The van der Waals surface area contributed by atoms with Crippen LogP contribution >= 0.6 is 0 Å². The maximum Gasteiger partial charge on any atom is 0.281 e. The molecule has 1 rings (SSSR count). The molecule has 1 fully saturated rings. The van der Waals surface area contributed by atoms with Gasteiger partial charge in [-0.05, 0) is 18.8 Å². The van der Waals surface area contributed by atoms with Gasteiger partial charge in [0.25, 0.3) is 10.2 Å². The Labute approximate surface area is 99.8 Å². The van der Waals surface area contributed by atoms with E-state index >= 15 is 0 Å². The van der Waals surface area contributed by atoms with Crippen LogP contribution in [-0.4, -0.2) is 43.7 Å². The van der Waals surface area contributed by atoms with Crippen molar-refractivity contribution in [3.8, 4) is 0 Å². The topological polar surface area (TPSA) is 40.6 Å². The molecule has 1 saturated carbocycles. The Morgan fingerprint density at radius 2 is 1.69 bits per heavy atom. The monoisotopic (exact) mass is 248 g/mol. The third kappa shape index (κ3) is 3.18. The van der Waals surface area contributed by atoms with Gasteiger partial charge in [0.2, 0.25) is 0 Å². The van der Waals surface area contributed by atoms with Crippen molar-refractivity contribution in [2.75, 3.05) is 20.6 Å². The van der Waals surface area contributed by atoms with Gasteiger partial charge in [-0.1, -0.05) is 26.7 Å². The summed E-state index contributed by atoms with van der Waals surface area (Å²) >= 11 is 0. The number of rotatable bonds is 5. The van der Waals surface area contributed by atoms with E-state index in [9.17, 15) is 8.42 Å². The molecule has 4 nitrogen and oxygen atoms in total. The standard InChI is InChI=1S/C11H24N2O2S/c1-10(2)9-13(11-7-5-6-8-11)16(14,15)12(3)4/h10-11H,5-9H2,1-4H3. The summed E-state index contributed by atoms with van der Waals surface area (Å²) in [6, 6.07) is 0.217. The van der Waals surface area contributed by atoms with Crippen molar-refractivity contribution in [2.45, 2.75) is 45.6 Å². The maximum absolute atomic E-state index is 12.2. The summed E-state index contributed by atoms with van der Waals surface area (Å²) in [7, 11) is -0.0333. The van der Waals surface area contributed by atoms with E-state index in [2.05, 4.69) is 13.8 Å². The highest BCUT2D eigenvalue weighted by atomic mass is 32.2. The molecular formula is C11H24N2O2S. The van der Waals surface area contributed by atoms with E-state index in [0.29, 0.717) is 12.5 Å². The fourth-order valence-corrected chi connectivity index (χ4v) is 3.69. The lowest BCUT2D eigenvalue weighted by molar-refractivity contribution is 0.276. The lowest BCUT2D eigenvalue weighted by Gasteiger charge is -2.31. The van der Waals surface area contributed by atoms with Crippen LogP contribution in [0.2, 0.25) is 0 Å². The first-order valence-electron chi connectivity index (χ1n) is 6.05. The van der Waals surface area contributed by atoms with Gasteiger partial charge in [0.05, 0.1) is 0 Å². The molecule has 96 valence electrons. The van der Waals surface area contributed by atoms with Crippen molar-refractivity contribution < 1.29 is 8.42 Å². The normalized spacial score (nSPS) is 19.2. The van der Waals surface area contributed by atoms with E-state index in [-0.39, 0.29) is 6.04 Å². The predicted molar refractivity (Wildman–Crippen MR) is 66.4 cm³/mol. The van der Waals surface area contributed by atoms with Gasteiger partial charge < -0.3 is 0 Å². The second-order valence-electron chi connectivity index (χ2n) is 5.19. The summed E-state index contributed by atoms with van der Waals surface area (Å²) in [6.45, 7) is 4.76. The van der Waals surface area contributed by atoms with Crippen LogP contribution in [-0.2, 0) is 10.2 Å². The molecular weight excluding hydrogens is 224 g/mol. The van der Waals surface area contributed by atoms with Gasteiger partial charge in [-0.15, -0.1) is 0 Å². The van der Waals surface area contributed by atoms with Gasteiger partial charge in [0, 0.05) is 26.7 Å². The minimum absolute atomic E-state index is 0.217. The molecule has 1 aliphatic carbocycles. The Kier molecular flexibility index (Phi) is 4.76. The van der Waals surface area contributed by atoms with E-state index in [4.69, 9.17) is 0 Å². The van der Waals surface area contributed by atoms with Gasteiger partial charge in [0.1, 0.15) is 0 Å². The van der Waals surface area contributed by atoms with Gasteiger partial charge in [0.15, 0.2) is 0 Å². The second-order valence-corrected chi connectivity index (χ2v) is 7.29. The molecule has 0 aromatic rings. The molecule has 0 bridgehead atoms. The molecule has 0 amide bonds. The maximum atomic E-state index is 12.2. The van der Waals surface area contributed by atoms with Crippen molar-refractivity contribution >= 4 is 10.2 Å². The Morgan fingerprint density at radius 3 is 2.06 bits per heavy atom. The van der Waals surface area contributed by atoms with Crippen molar-refractivity contribution in [1.29, 1.82) is 0 Å². The SMILES string of the molecule is CC(C)CN(C1CCCC1)S(=O)(=O)N(C)C. The third-order valence-corrected chi connectivity index (χ3v) is 5.00. The molecule has 0 aromatic heterocycles. The number of hydrogen-bond acceptors (Lipinski definition) is 2. The molecule has 0 saturated heterocycles. The predicted octanol–water partition coefficient (Wildman–Crippen LogP) is 1.69. The van der Waals surface area contributed by atoms with Crippen molar-refractivity contribution in [3.05, 3.63) is 0 Å². The first-order chi connectivity index (χ1) is 7.35. The highest BCUT2D eigenvalue weighted by Crippen LogP contribution is 2.27. The summed E-state index contributed by atoms with van der Waals surface area (Å²) in [5.74, 6) is 0.371. The Bertz CT molecular complexity index is 306. The molecule has 0 atom stereocenters. The second kappa shape index (κ2) is 5.47. The van der Waals surface area contributed by atoms with E-state index in [1.165, 1.54) is 4.31 Å². The average molecular weight is 248 g/mol. The molecule has 1 aliphatic rings. The molecule has 0 N–H and O–H groups in total. The van der Waals surface area contributed by atoms with Gasteiger partial charge in [-0.3, -0.25) is 0 Å². The summed E-state index contributed by atoms with van der Waals surface area (Å²) in [5.41, 5.74) is 0. The van der Waals surface area contributed by atoms with Crippen LogP contribution in [0, 0.1) is 5.92 Å². The van der Waals surface area contributed by atoms with Crippen LogP contribution in [0.15, 0.2) is 0 Å². The fourth-order valence-electron chi connectivity index (χ4n) is 2.19. The third-order valence-electron chi connectivity index (χ3n) is 3.03. The van der Waals surface area contributed by atoms with Gasteiger partial charge in [-0.2, -0.15) is 17.0 Å². The van der Waals surface area contributed by atoms with E-state index in [1.54, 1.807) is 18.4 Å². The molecule has 5 heteroatoms. The quantitative estimate of drug-likeness (QED) is 0.743. The molecule has 0 aromatic carbocycles. The summed E-state index contributed by atoms with van der Waals surface area (Å²) < 4.78 is 27.4. The minimum Gasteiger partial charge on any atom is -0.195 e. The molecule has 0 aliphatic heterocycles. The van der Waals surface area contributed by atoms with E-state index in [0.717, 1.165) is 25.7 Å². The van der Waals surface area contributed by atoms with Crippen LogP contribution in [0.3, 0.4) is 0 Å². The number of nitrogens with zero attached hydrogens (tertiary/aromatic N) is 2. The summed E-state index contributed by atoms with van der Waals surface area (Å²) in [6.07, 6.45) is 4.34. The van der Waals surface area contributed by atoms with Crippen molar-refractivity contribution in [3.63, 3.8) is 0 Å². The molecule has 0 heterocycles. The molecule has 16 heavy (non-hydrogen) atoms. The summed E-state index contributed by atoms with van der Waals surface area (Å²) in [4.78, 5) is 0. The highest BCUT2D eigenvalue weighted by Gasteiger charge is 2.33. The Balaban J connectivity index is 2.86. The van der Waals surface area contributed by atoms with Crippen LogP contribution in [0.1, 0.15) is 39.5 Å². The average Bonchev–Trinajstić information content (AvgIpc) is 2.65. The Hall–Kier alpha value is -0.130. The largest absolute Gasteiger partial charge is 0.281 e. The van der Waals surface area contributed by atoms with Gasteiger partial charge in [-0.25, -0.2) is 0 Å². The Morgan fingerprint density at radius 1 is 1.19 bits per heavy atom. The van der Waals surface area contributed by atoms with Crippen LogP contribution in [0.25, 0.3) is 0 Å². The first-order valence-corrected chi connectivity index (χ1v) is 7.44. The first kappa shape index (κ1) is 13.9. The zero-order chi connectivity index (χ0) is 12.3. The molecule has 0 unspecified atom stereocenters. The van der Waals surface area contributed by atoms with Crippen LogP contribution in [0.5, 0.6) is 0 Å². The zero-order valence-electron chi connectivity index (χ0n) is 10.8. The van der Waals surface area contributed by atoms with E-state index in [1.807, 2.05) is 0 Å². The fraction of sp³-hybridized carbons (Fsp3) is 1.00.